The molecule has 10 nitrogen and oxygen atoms in total. The molecule has 3 heterocycles. The van der Waals surface area contributed by atoms with Crippen molar-refractivity contribution in [2.45, 2.75) is 0 Å². The number of thiophene rings is 1. The number of phenolic OH excluding ortho intramolecular Hbond substituents is 1. The lowest BCUT2D eigenvalue weighted by atomic mass is 10.1. The Kier molecular flexibility index (Phi) is 6.29. The monoisotopic (exact) mass is 487 g/mol. The third kappa shape index (κ3) is 5.46. The van der Waals surface area contributed by atoms with Crippen LogP contribution in [0.4, 0.5) is 5.82 Å². The lowest BCUT2D eigenvalue weighted by molar-refractivity contribution is 0.0751. The van der Waals surface area contributed by atoms with Gasteiger partial charge >= 0.3 is 0 Å². The SMILES string of the molecule is CS(=O)(=O)NC(=O)c1ccc(N2CCN(C(=O)c3cc(-c4cccc(O)c4)cs3)CC2)nn1. The largest absolute Gasteiger partial charge is 0.508 e. The van der Waals surface area contributed by atoms with Gasteiger partial charge in [-0.3, -0.25) is 9.59 Å². The van der Waals surface area contributed by atoms with Crippen LogP contribution in [0.3, 0.4) is 0 Å². The van der Waals surface area contributed by atoms with Gasteiger partial charge in [-0.05, 0) is 46.8 Å². The summed E-state index contributed by atoms with van der Waals surface area (Å²) in [6, 6.07) is 11.7. The molecule has 0 atom stereocenters. The van der Waals surface area contributed by atoms with Crippen LogP contribution in [0.25, 0.3) is 11.1 Å². The average Bonchev–Trinajstić information content (AvgIpc) is 3.28. The van der Waals surface area contributed by atoms with E-state index in [2.05, 4.69) is 10.2 Å². The highest BCUT2D eigenvalue weighted by Gasteiger charge is 2.24. The number of piperazine rings is 1. The Morgan fingerprint density at radius 2 is 1.79 bits per heavy atom. The Bertz CT molecular complexity index is 1280. The van der Waals surface area contributed by atoms with E-state index < -0.39 is 15.9 Å². The van der Waals surface area contributed by atoms with Crippen molar-refractivity contribution in [1.82, 2.24) is 19.8 Å². The summed E-state index contributed by atoms with van der Waals surface area (Å²) in [6.07, 6.45) is 0.886. The van der Waals surface area contributed by atoms with Gasteiger partial charge in [0, 0.05) is 26.2 Å². The number of carbonyl (C=O) groups is 2. The summed E-state index contributed by atoms with van der Waals surface area (Å²) >= 11 is 1.37. The Hall–Kier alpha value is -3.51. The van der Waals surface area contributed by atoms with Crippen molar-refractivity contribution < 1.29 is 23.1 Å². The lowest BCUT2D eigenvalue weighted by Gasteiger charge is -2.35. The molecule has 12 heteroatoms. The quantitative estimate of drug-likeness (QED) is 0.554. The second kappa shape index (κ2) is 9.16. The van der Waals surface area contributed by atoms with Crippen LogP contribution in [-0.4, -0.2) is 72.9 Å². The molecule has 0 bridgehead atoms. The van der Waals surface area contributed by atoms with Crippen LogP contribution in [0.15, 0.2) is 47.8 Å². The molecule has 0 spiro atoms. The predicted molar refractivity (Wildman–Crippen MR) is 124 cm³/mol. The number of aromatic nitrogens is 2. The van der Waals surface area contributed by atoms with Crippen molar-refractivity contribution >= 4 is 39.0 Å². The van der Waals surface area contributed by atoms with Gasteiger partial charge in [0.15, 0.2) is 11.5 Å². The lowest BCUT2D eigenvalue weighted by Crippen LogP contribution is -2.49. The van der Waals surface area contributed by atoms with Gasteiger partial charge in [0.2, 0.25) is 10.0 Å². The molecule has 1 aliphatic rings. The van der Waals surface area contributed by atoms with Crippen molar-refractivity contribution in [3.63, 3.8) is 0 Å². The van der Waals surface area contributed by atoms with E-state index in [1.54, 1.807) is 29.2 Å². The van der Waals surface area contributed by atoms with E-state index in [1.165, 1.54) is 17.4 Å². The summed E-state index contributed by atoms with van der Waals surface area (Å²) in [4.78, 5) is 29.1. The normalized spacial score (nSPS) is 14.2. The average molecular weight is 488 g/mol. The van der Waals surface area contributed by atoms with Gasteiger partial charge in [-0.25, -0.2) is 13.1 Å². The van der Waals surface area contributed by atoms with Crippen LogP contribution in [0.1, 0.15) is 20.2 Å². The van der Waals surface area contributed by atoms with Gasteiger partial charge < -0.3 is 14.9 Å². The predicted octanol–water partition coefficient (Wildman–Crippen LogP) is 1.56. The van der Waals surface area contributed by atoms with E-state index in [0.29, 0.717) is 36.9 Å². The number of sulfonamides is 1. The van der Waals surface area contributed by atoms with Gasteiger partial charge in [0.05, 0.1) is 11.1 Å². The summed E-state index contributed by atoms with van der Waals surface area (Å²) in [5.41, 5.74) is 1.63. The number of carbonyl (C=O) groups excluding carboxylic acids is 2. The molecule has 3 aromatic rings. The summed E-state index contributed by atoms with van der Waals surface area (Å²) in [5, 5.41) is 19.4. The van der Waals surface area contributed by atoms with E-state index in [0.717, 1.165) is 17.4 Å². The van der Waals surface area contributed by atoms with Crippen molar-refractivity contribution in [3.05, 3.63) is 58.4 Å². The van der Waals surface area contributed by atoms with Crippen LogP contribution >= 0.6 is 11.3 Å². The third-order valence-electron chi connectivity index (χ3n) is 5.04. The van der Waals surface area contributed by atoms with Gasteiger partial charge in [-0.1, -0.05) is 12.1 Å². The summed E-state index contributed by atoms with van der Waals surface area (Å²) < 4.78 is 24.2. The molecule has 33 heavy (non-hydrogen) atoms. The molecule has 1 fully saturated rings. The van der Waals surface area contributed by atoms with E-state index >= 15 is 0 Å². The van der Waals surface area contributed by atoms with Crippen LogP contribution in [0.2, 0.25) is 0 Å². The molecule has 2 N–H and O–H groups in total. The zero-order valence-electron chi connectivity index (χ0n) is 17.6. The molecule has 0 radical (unpaired) electrons. The minimum Gasteiger partial charge on any atom is -0.508 e. The number of amides is 2. The van der Waals surface area contributed by atoms with Crippen molar-refractivity contribution in [1.29, 1.82) is 0 Å². The van der Waals surface area contributed by atoms with Crippen molar-refractivity contribution in [2.75, 3.05) is 37.3 Å². The number of anilines is 1. The fourth-order valence-corrected chi connectivity index (χ4v) is 4.74. The summed E-state index contributed by atoms with van der Waals surface area (Å²) in [7, 11) is -3.68. The molecule has 1 aromatic carbocycles. The van der Waals surface area contributed by atoms with Crippen LogP contribution in [0, 0.1) is 0 Å². The Morgan fingerprint density at radius 1 is 1.03 bits per heavy atom. The fraction of sp³-hybridized carbons (Fsp3) is 0.238. The molecular formula is C21H21N5O5S2. The molecular weight excluding hydrogens is 466 g/mol. The maximum atomic E-state index is 12.9. The molecule has 0 unspecified atom stereocenters. The molecule has 0 saturated carbocycles. The maximum Gasteiger partial charge on any atom is 0.285 e. The first-order valence-electron chi connectivity index (χ1n) is 9.97. The minimum absolute atomic E-state index is 0.0510. The number of rotatable bonds is 5. The number of benzene rings is 1. The smallest absolute Gasteiger partial charge is 0.285 e. The number of phenols is 1. The number of aromatic hydroxyl groups is 1. The number of nitrogens with one attached hydrogen (secondary N) is 1. The van der Waals surface area contributed by atoms with Crippen LogP contribution in [-0.2, 0) is 10.0 Å². The number of nitrogens with zero attached hydrogens (tertiary/aromatic N) is 4. The van der Waals surface area contributed by atoms with Gasteiger partial charge in [-0.2, -0.15) is 0 Å². The Balaban J connectivity index is 1.36. The second-order valence-corrected chi connectivity index (χ2v) is 10.2. The topological polar surface area (TPSA) is 133 Å². The number of hydrogen-bond acceptors (Lipinski definition) is 9. The highest BCUT2D eigenvalue weighted by molar-refractivity contribution is 7.89. The van der Waals surface area contributed by atoms with E-state index in [-0.39, 0.29) is 17.4 Å². The highest BCUT2D eigenvalue weighted by atomic mass is 32.2. The van der Waals surface area contributed by atoms with Gasteiger partial charge in [0.1, 0.15) is 5.75 Å². The van der Waals surface area contributed by atoms with E-state index in [1.807, 2.05) is 27.1 Å². The summed E-state index contributed by atoms with van der Waals surface area (Å²) in [6.45, 7) is 2.08. The zero-order chi connectivity index (χ0) is 23.6. The first kappa shape index (κ1) is 22.7. The molecule has 2 amide bonds. The van der Waals surface area contributed by atoms with Crippen molar-refractivity contribution in [2.24, 2.45) is 0 Å². The summed E-state index contributed by atoms with van der Waals surface area (Å²) in [5.74, 6) is -0.173. The third-order valence-corrected chi connectivity index (χ3v) is 6.52. The Morgan fingerprint density at radius 3 is 2.42 bits per heavy atom. The molecule has 1 aliphatic heterocycles. The first-order chi connectivity index (χ1) is 15.7. The van der Waals surface area contributed by atoms with Crippen molar-refractivity contribution in [3.8, 4) is 16.9 Å². The van der Waals surface area contributed by atoms with E-state index in [4.69, 9.17) is 0 Å². The van der Waals surface area contributed by atoms with E-state index in [9.17, 15) is 23.1 Å². The van der Waals surface area contributed by atoms with Gasteiger partial charge in [-0.15, -0.1) is 21.5 Å². The standard InChI is InChI=1S/C21H21N5O5S2/c1-33(30,31)24-20(28)17-5-6-19(23-22-17)25-7-9-26(10-8-25)21(29)18-12-15(13-32-18)14-3-2-4-16(27)11-14/h2-6,11-13,27H,7-10H2,1H3,(H,24,28). The first-order valence-corrected chi connectivity index (χ1v) is 12.7. The minimum atomic E-state index is -3.68. The molecule has 2 aromatic heterocycles. The maximum absolute atomic E-state index is 12.9. The van der Waals surface area contributed by atoms with Crippen LogP contribution in [0.5, 0.6) is 5.75 Å². The van der Waals surface area contributed by atoms with Gasteiger partial charge in [0.25, 0.3) is 11.8 Å². The molecule has 1 saturated heterocycles. The molecule has 172 valence electrons. The fourth-order valence-electron chi connectivity index (χ4n) is 3.42. The highest BCUT2D eigenvalue weighted by Crippen LogP contribution is 2.29. The zero-order valence-corrected chi connectivity index (χ0v) is 19.3. The molecule has 0 aliphatic carbocycles. The Labute approximate surface area is 194 Å². The second-order valence-electron chi connectivity index (χ2n) is 7.51. The number of hydrogen-bond donors (Lipinski definition) is 2. The van der Waals surface area contributed by atoms with Crippen LogP contribution < -0.4 is 9.62 Å². The molecule has 4 rings (SSSR count).